The van der Waals surface area contributed by atoms with E-state index in [0.717, 1.165) is 11.3 Å². The Morgan fingerprint density at radius 1 is 1.23 bits per heavy atom. The van der Waals surface area contributed by atoms with Crippen LogP contribution in [0.5, 0.6) is 0 Å². The number of hydrogen-bond donors (Lipinski definition) is 2. The summed E-state index contributed by atoms with van der Waals surface area (Å²) < 4.78 is 21.9. The third-order valence-corrected chi connectivity index (χ3v) is 5.74. The topological polar surface area (TPSA) is 111 Å². The van der Waals surface area contributed by atoms with Crippen molar-refractivity contribution in [2.45, 2.75) is 25.7 Å². The van der Waals surface area contributed by atoms with E-state index < -0.39 is 18.0 Å². The van der Waals surface area contributed by atoms with Crippen molar-refractivity contribution in [2.75, 3.05) is 18.0 Å². The van der Waals surface area contributed by atoms with E-state index in [-0.39, 0.29) is 25.1 Å². The Morgan fingerprint density at radius 2 is 2.03 bits per heavy atom. The van der Waals surface area contributed by atoms with Crippen LogP contribution in [0.3, 0.4) is 0 Å². The minimum Gasteiger partial charge on any atom is -0.442 e. The van der Waals surface area contributed by atoms with Gasteiger partial charge in [0.1, 0.15) is 18.0 Å². The molecule has 2 aromatic carbocycles. The molecule has 0 radical (unpaired) electrons. The van der Waals surface area contributed by atoms with Crippen molar-refractivity contribution in [3.05, 3.63) is 72.3 Å². The molecule has 1 fully saturated rings. The molecule has 180 valence electrons. The zero-order chi connectivity index (χ0) is 24.4. The average Bonchev–Trinajstić information content (AvgIpc) is 3.60. The van der Waals surface area contributed by atoms with Gasteiger partial charge in [-0.1, -0.05) is 29.5 Å². The molecule has 1 saturated heterocycles. The first-order valence-corrected chi connectivity index (χ1v) is 11.1. The van der Waals surface area contributed by atoms with Crippen LogP contribution in [0.4, 0.5) is 14.9 Å². The van der Waals surface area contributed by atoms with E-state index in [1.54, 1.807) is 29.2 Å². The molecule has 2 aliphatic heterocycles. The Hall–Kier alpha value is -4.25. The molecule has 2 amide bonds. The lowest BCUT2D eigenvalue weighted by molar-refractivity contribution is -0.119. The maximum atomic E-state index is 15.0. The maximum absolute atomic E-state index is 15.0. The fourth-order valence-electron chi connectivity index (χ4n) is 3.98. The molecule has 3 heterocycles. The van der Waals surface area contributed by atoms with Crippen molar-refractivity contribution in [1.29, 1.82) is 0 Å². The Labute approximate surface area is 200 Å². The number of anilines is 1. The second-order valence-corrected chi connectivity index (χ2v) is 8.26. The van der Waals surface area contributed by atoms with E-state index in [1.165, 1.54) is 17.9 Å². The van der Waals surface area contributed by atoms with E-state index in [0.29, 0.717) is 23.4 Å². The van der Waals surface area contributed by atoms with Crippen molar-refractivity contribution >= 4 is 23.4 Å². The first-order valence-electron chi connectivity index (χ1n) is 11.1. The molecule has 11 heteroatoms. The van der Waals surface area contributed by atoms with Crippen molar-refractivity contribution in [2.24, 2.45) is 0 Å². The number of hydroxylamine groups is 1. The number of carbonyl (C=O) groups is 2. The fourth-order valence-corrected chi connectivity index (χ4v) is 3.98. The van der Waals surface area contributed by atoms with E-state index in [1.807, 2.05) is 30.3 Å². The molecular formula is C24H23FN6O4. The molecule has 2 N–H and O–H groups in total. The zero-order valence-electron chi connectivity index (χ0n) is 18.8. The van der Waals surface area contributed by atoms with Crippen LogP contribution in [0.25, 0.3) is 16.8 Å². The molecule has 0 spiro atoms. The van der Waals surface area contributed by atoms with Crippen LogP contribution in [0.1, 0.15) is 12.5 Å². The second kappa shape index (κ2) is 9.55. The van der Waals surface area contributed by atoms with Crippen molar-refractivity contribution in [3.63, 3.8) is 0 Å². The van der Waals surface area contributed by atoms with Crippen LogP contribution in [0.2, 0.25) is 0 Å². The fraction of sp³-hybridized carbons (Fsp3) is 0.250. The summed E-state index contributed by atoms with van der Waals surface area (Å²) in [5.74, 6) is -0.664. The molecular weight excluding hydrogens is 455 g/mol. The Balaban J connectivity index is 1.26. The first-order chi connectivity index (χ1) is 17.0. The number of benzene rings is 2. The number of cyclic esters (lactones) is 1. The monoisotopic (exact) mass is 478 g/mol. The number of hydrogen-bond acceptors (Lipinski definition) is 7. The number of nitrogens with zero attached hydrogens (tertiary/aromatic N) is 4. The van der Waals surface area contributed by atoms with E-state index >= 15 is 4.39 Å². The normalized spacial score (nSPS) is 19.3. The summed E-state index contributed by atoms with van der Waals surface area (Å²) in [5.41, 5.74) is 6.15. The third-order valence-electron chi connectivity index (χ3n) is 5.74. The number of halogens is 1. The molecule has 10 nitrogen and oxygen atoms in total. The van der Waals surface area contributed by atoms with Gasteiger partial charge in [-0.15, -0.1) is 5.10 Å². The highest BCUT2D eigenvalue weighted by atomic mass is 19.1. The highest BCUT2D eigenvalue weighted by Gasteiger charge is 2.32. The first kappa shape index (κ1) is 22.5. The summed E-state index contributed by atoms with van der Waals surface area (Å²) in [6.45, 7) is 2.36. The smallest absolute Gasteiger partial charge is 0.414 e. The Kier molecular flexibility index (Phi) is 6.15. The van der Waals surface area contributed by atoms with Crippen LogP contribution < -0.4 is 15.7 Å². The van der Waals surface area contributed by atoms with Crippen molar-refractivity contribution in [3.8, 4) is 11.1 Å². The van der Waals surface area contributed by atoms with E-state index in [4.69, 9.17) is 9.57 Å². The molecule has 2 atom stereocenters. The quantitative estimate of drug-likeness (QED) is 0.537. The van der Waals surface area contributed by atoms with E-state index in [9.17, 15) is 9.59 Å². The minimum absolute atomic E-state index is 0.188. The lowest BCUT2D eigenvalue weighted by Crippen LogP contribution is -2.33. The standard InChI is InChI=1S/C24H23FN6O4/c1-15(32)26-12-20-14-31(24(33)34-20)18-6-7-21(22(25)10-18)16-2-4-17(5-3-16)23-11-19(35-28-23)13-30-9-8-27-29-30/h2-11,19-20,28H,12-14H2,1H3,(H,26,32)/t19?,20-/m0/s1. The summed E-state index contributed by atoms with van der Waals surface area (Å²) in [6, 6.07) is 12.0. The van der Waals surface area contributed by atoms with Crippen LogP contribution in [-0.2, 0) is 20.9 Å². The molecule has 0 saturated carbocycles. The molecule has 2 aliphatic rings. The van der Waals surface area contributed by atoms with Gasteiger partial charge in [0.2, 0.25) is 5.91 Å². The number of amides is 2. The van der Waals surface area contributed by atoms with Crippen LogP contribution in [-0.4, -0.2) is 52.3 Å². The minimum atomic E-state index is -0.571. The van der Waals surface area contributed by atoms with Crippen LogP contribution in [0.15, 0.2) is 60.9 Å². The number of aromatic nitrogens is 3. The second-order valence-electron chi connectivity index (χ2n) is 8.26. The Bertz CT molecular complexity index is 1260. The van der Waals surface area contributed by atoms with Crippen molar-refractivity contribution < 1.29 is 23.6 Å². The van der Waals surface area contributed by atoms with Gasteiger partial charge in [0.15, 0.2) is 0 Å². The highest BCUT2D eigenvalue weighted by Crippen LogP contribution is 2.30. The number of carbonyl (C=O) groups excluding carboxylic acids is 2. The molecule has 0 aliphatic carbocycles. The zero-order valence-corrected chi connectivity index (χ0v) is 18.8. The predicted molar refractivity (Wildman–Crippen MR) is 124 cm³/mol. The highest BCUT2D eigenvalue weighted by molar-refractivity contribution is 5.90. The van der Waals surface area contributed by atoms with Crippen LogP contribution >= 0.6 is 0 Å². The van der Waals surface area contributed by atoms with Gasteiger partial charge in [-0.05, 0) is 35.4 Å². The molecule has 35 heavy (non-hydrogen) atoms. The number of nitrogens with one attached hydrogen (secondary N) is 2. The predicted octanol–water partition coefficient (Wildman–Crippen LogP) is 2.49. The lowest BCUT2D eigenvalue weighted by Gasteiger charge is -2.15. The van der Waals surface area contributed by atoms with Gasteiger partial charge >= 0.3 is 6.09 Å². The molecule has 1 aromatic heterocycles. The SMILES string of the molecule is CC(=O)NC[C@H]1CN(c2ccc(-c3ccc(C4=CC(Cn5ccnn5)ON4)cc3)c(F)c2)C(=O)O1. The lowest BCUT2D eigenvalue weighted by atomic mass is 10.0. The van der Waals surface area contributed by atoms with Gasteiger partial charge in [0.25, 0.3) is 0 Å². The summed E-state index contributed by atoms with van der Waals surface area (Å²) in [7, 11) is 0. The van der Waals surface area contributed by atoms with Gasteiger partial charge < -0.3 is 10.1 Å². The van der Waals surface area contributed by atoms with Gasteiger partial charge in [-0.3, -0.25) is 20.0 Å². The Morgan fingerprint density at radius 3 is 2.74 bits per heavy atom. The molecule has 1 unspecified atom stereocenters. The maximum Gasteiger partial charge on any atom is 0.414 e. The molecule has 3 aromatic rings. The van der Waals surface area contributed by atoms with Gasteiger partial charge in [-0.25, -0.2) is 13.9 Å². The largest absolute Gasteiger partial charge is 0.442 e. The van der Waals surface area contributed by atoms with E-state index in [2.05, 4.69) is 21.1 Å². The average molecular weight is 478 g/mol. The molecule has 0 bridgehead atoms. The van der Waals surface area contributed by atoms with Gasteiger partial charge in [0.05, 0.1) is 37.2 Å². The van der Waals surface area contributed by atoms with Crippen LogP contribution in [0, 0.1) is 5.82 Å². The molecule has 5 rings (SSSR count). The summed E-state index contributed by atoms with van der Waals surface area (Å²) in [6.07, 6.45) is 4.09. The number of ether oxygens (including phenoxy) is 1. The summed E-state index contributed by atoms with van der Waals surface area (Å²) >= 11 is 0. The third kappa shape index (κ3) is 4.99. The van der Waals surface area contributed by atoms with Gasteiger partial charge in [0, 0.05) is 18.7 Å². The van der Waals surface area contributed by atoms with Gasteiger partial charge in [-0.2, -0.15) is 0 Å². The summed E-state index contributed by atoms with van der Waals surface area (Å²) in [4.78, 5) is 30.2. The summed E-state index contributed by atoms with van der Waals surface area (Å²) in [5, 5.41) is 10.3. The van der Waals surface area contributed by atoms with Crippen molar-refractivity contribution in [1.82, 2.24) is 25.8 Å². The number of rotatable bonds is 7.